The Morgan fingerprint density at radius 1 is 1.28 bits per heavy atom. The molecule has 1 aromatic heterocycles. The van der Waals surface area contributed by atoms with Crippen LogP contribution in [0, 0.1) is 13.8 Å². The minimum absolute atomic E-state index is 0.204. The van der Waals surface area contributed by atoms with Crippen LogP contribution in [0.4, 0.5) is 0 Å². The Bertz CT molecular complexity index is 505. The van der Waals surface area contributed by atoms with Gasteiger partial charge in [0.05, 0.1) is 5.01 Å². The van der Waals surface area contributed by atoms with Gasteiger partial charge in [-0.3, -0.25) is 0 Å². The highest BCUT2D eigenvalue weighted by Gasteiger charge is 2.08. The van der Waals surface area contributed by atoms with E-state index in [1.54, 1.807) is 11.3 Å². The van der Waals surface area contributed by atoms with Crippen molar-refractivity contribution in [2.45, 2.75) is 39.2 Å². The average molecular weight is 260 g/mol. The lowest BCUT2D eigenvalue weighted by atomic mass is 10.0. The van der Waals surface area contributed by atoms with Crippen molar-refractivity contribution in [3.05, 3.63) is 51.5 Å². The van der Waals surface area contributed by atoms with Crippen LogP contribution in [0.1, 0.15) is 28.2 Å². The fourth-order valence-corrected chi connectivity index (χ4v) is 2.92. The van der Waals surface area contributed by atoms with E-state index in [0.717, 1.165) is 30.0 Å². The number of nitrogens with two attached hydrogens (primary N) is 1. The first-order valence-electron chi connectivity index (χ1n) is 6.36. The molecule has 2 aromatic rings. The highest BCUT2D eigenvalue weighted by Crippen LogP contribution is 2.14. The first-order valence-corrected chi connectivity index (χ1v) is 7.24. The lowest BCUT2D eigenvalue weighted by Gasteiger charge is -2.11. The molecule has 3 heteroatoms. The molecule has 1 aromatic carbocycles. The van der Waals surface area contributed by atoms with E-state index in [4.69, 9.17) is 5.73 Å². The van der Waals surface area contributed by atoms with E-state index >= 15 is 0 Å². The number of hydrogen-bond acceptors (Lipinski definition) is 3. The molecule has 0 saturated heterocycles. The minimum atomic E-state index is 0.204. The van der Waals surface area contributed by atoms with Crippen LogP contribution in [0.5, 0.6) is 0 Å². The van der Waals surface area contributed by atoms with E-state index in [0.29, 0.717) is 0 Å². The van der Waals surface area contributed by atoms with Crippen LogP contribution in [0.15, 0.2) is 29.6 Å². The molecule has 0 spiro atoms. The number of aromatic nitrogens is 1. The van der Waals surface area contributed by atoms with E-state index < -0.39 is 0 Å². The normalized spacial score (nSPS) is 12.6. The predicted molar refractivity (Wildman–Crippen MR) is 78.0 cm³/mol. The Hall–Kier alpha value is -1.19. The Morgan fingerprint density at radius 3 is 2.72 bits per heavy atom. The summed E-state index contributed by atoms with van der Waals surface area (Å²) in [5.74, 6) is 0. The second-order valence-electron chi connectivity index (χ2n) is 4.81. The third-order valence-corrected chi connectivity index (χ3v) is 4.14. The monoisotopic (exact) mass is 260 g/mol. The SMILES string of the molecule is Cc1csc(CC(N)CCc2ccccc2C)n1. The zero-order valence-electron chi connectivity index (χ0n) is 11.0. The average Bonchev–Trinajstić information content (AvgIpc) is 2.74. The van der Waals surface area contributed by atoms with Gasteiger partial charge in [-0.1, -0.05) is 24.3 Å². The van der Waals surface area contributed by atoms with Gasteiger partial charge in [0.2, 0.25) is 0 Å². The Balaban J connectivity index is 1.85. The summed E-state index contributed by atoms with van der Waals surface area (Å²) >= 11 is 1.71. The van der Waals surface area contributed by atoms with Crippen LogP contribution in [-0.4, -0.2) is 11.0 Å². The zero-order valence-corrected chi connectivity index (χ0v) is 11.8. The second kappa shape index (κ2) is 6.12. The summed E-state index contributed by atoms with van der Waals surface area (Å²) in [4.78, 5) is 4.46. The minimum Gasteiger partial charge on any atom is -0.327 e. The van der Waals surface area contributed by atoms with Gasteiger partial charge in [0.15, 0.2) is 0 Å². The van der Waals surface area contributed by atoms with Gasteiger partial charge < -0.3 is 5.73 Å². The number of thiazole rings is 1. The lowest BCUT2D eigenvalue weighted by Crippen LogP contribution is -2.23. The maximum absolute atomic E-state index is 6.18. The summed E-state index contributed by atoms with van der Waals surface area (Å²) < 4.78 is 0. The summed E-state index contributed by atoms with van der Waals surface area (Å²) in [5, 5.41) is 3.24. The number of benzene rings is 1. The van der Waals surface area contributed by atoms with Gasteiger partial charge in [-0.25, -0.2) is 4.98 Å². The molecule has 1 unspecified atom stereocenters. The summed E-state index contributed by atoms with van der Waals surface area (Å²) in [7, 11) is 0. The van der Waals surface area contributed by atoms with Gasteiger partial charge in [0, 0.05) is 23.5 Å². The summed E-state index contributed by atoms with van der Waals surface area (Å²) in [6, 6.07) is 8.73. The van der Waals surface area contributed by atoms with Crippen LogP contribution in [0.3, 0.4) is 0 Å². The molecular weight excluding hydrogens is 240 g/mol. The molecule has 0 saturated carbocycles. The maximum Gasteiger partial charge on any atom is 0.0943 e. The molecule has 0 aliphatic rings. The standard InChI is InChI=1S/C15H20N2S/c1-11-5-3-4-6-13(11)7-8-14(16)9-15-17-12(2)10-18-15/h3-6,10,14H,7-9,16H2,1-2H3. The largest absolute Gasteiger partial charge is 0.327 e. The third kappa shape index (κ3) is 3.65. The van der Waals surface area contributed by atoms with E-state index in [2.05, 4.69) is 41.6 Å². The molecule has 18 heavy (non-hydrogen) atoms. The third-order valence-electron chi connectivity index (χ3n) is 3.15. The Labute approximate surface area is 113 Å². The molecule has 0 bridgehead atoms. The molecule has 2 N–H and O–H groups in total. The van der Waals surface area contributed by atoms with Crippen molar-refractivity contribution in [1.82, 2.24) is 4.98 Å². The van der Waals surface area contributed by atoms with Crippen LogP contribution in [0.2, 0.25) is 0 Å². The molecular formula is C15H20N2S. The van der Waals surface area contributed by atoms with Crippen molar-refractivity contribution in [1.29, 1.82) is 0 Å². The second-order valence-corrected chi connectivity index (χ2v) is 5.75. The van der Waals surface area contributed by atoms with Crippen molar-refractivity contribution in [2.24, 2.45) is 5.73 Å². The Morgan fingerprint density at radius 2 is 2.06 bits per heavy atom. The zero-order chi connectivity index (χ0) is 13.0. The highest BCUT2D eigenvalue weighted by atomic mass is 32.1. The van der Waals surface area contributed by atoms with Gasteiger partial charge in [0.25, 0.3) is 0 Å². The van der Waals surface area contributed by atoms with Crippen molar-refractivity contribution in [3.8, 4) is 0 Å². The number of rotatable bonds is 5. The van der Waals surface area contributed by atoms with Crippen LogP contribution in [-0.2, 0) is 12.8 Å². The number of hydrogen-bond donors (Lipinski definition) is 1. The molecule has 1 heterocycles. The summed E-state index contributed by atoms with van der Waals surface area (Å²) in [6.45, 7) is 4.18. The smallest absolute Gasteiger partial charge is 0.0943 e. The van der Waals surface area contributed by atoms with E-state index in [9.17, 15) is 0 Å². The fourth-order valence-electron chi connectivity index (χ4n) is 2.05. The molecule has 96 valence electrons. The van der Waals surface area contributed by atoms with Gasteiger partial charge in [-0.05, 0) is 37.8 Å². The molecule has 1 atom stereocenters. The van der Waals surface area contributed by atoms with Crippen LogP contribution >= 0.6 is 11.3 Å². The topological polar surface area (TPSA) is 38.9 Å². The van der Waals surface area contributed by atoms with Gasteiger partial charge in [-0.2, -0.15) is 0 Å². The van der Waals surface area contributed by atoms with E-state index in [1.165, 1.54) is 11.1 Å². The molecule has 0 aliphatic carbocycles. The van der Waals surface area contributed by atoms with Gasteiger partial charge in [0.1, 0.15) is 0 Å². The number of aryl methyl sites for hydroxylation is 3. The van der Waals surface area contributed by atoms with E-state index in [1.807, 2.05) is 6.92 Å². The van der Waals surface area contributed by atoms with Crippen molar-refractivity contribution < 1.29 is 0 Å². The highest BCUT2D eigenvalue weighted by molar-refractivity contribution is 7.09. The fraction of sp³-hybridized carbons (Fsp3) is 0.400. The first kappa shape index (κ1) is 13.2. The number of nitrogens with zero attached hydrogens (tertiary/aromatic N) is 1. The maximum atomic E-state index is 6.18. The summed E-state index contributed by atoms with van der Waals surface area (Å²) in [6.07, 6.45) is 2.96. The van der Waals surface area contributed by atoms with Crippen molar-refractivity contribution in [2.75, 3.05) is 0 Å². The van der Waals surface area contributed by atoms with E-state index in [-0.39, 0.29) is 6.04 Å². The molecule has 0 aliphatic heterocycles. The molecule has 0 fully saturated rings. The molecule has 0 radical (unpaired) electrons. The molecule has 2 rings (SSSR count). The van der Waals surface area contributed by atoms with Crippen LogP contribution in [0.25, 0.3) is 0 Å². The van der Waals surface area contributed by atoms with Gasteiger partial charge >= 0.3 is 0 Å². The predicted octanol–water partition coefficient (Wildman–Crippen LogP) is 3.26. The lowest BCUT2D eigenvalue weighted by molar-refractivity contribution is 0.607. The van der Waals surface area contributed by atoms with Crippen LogP contribution < -0.4 is 5.73 Å². The quantitative estimate of drug-likeness (QED) is 0.896. The van der Waals surface area contributed by atoms with Gasteiger partial charge in [-0.15, -0.1) is 11.3 Å². The first-order chi connectivity index (χ1) is 8.65. The summed E-state index contributed by atoms with van der Waals surface area (Å²) in [5.41, 5.74) is 10.0. The Kier molecular flexibility index (Phi) is 4.50. The van der Waals surface area contributed by atoms with Crippen molar-refractivity contribution >= 4 is 11.3 Å². The molecule has 0 amide bonds. The molecule has 2 nitrogen and oxygen atoms in total. The van der Waals surface area contributed by atoms with Crippen molar-refractivity contribution in [3.63, 3.8) is 0 Å².